The Balaban J connectivity index is 1.20. The molecule has 6 rings (SSSR count). The molecule has 0 aromatic carbocycles. The van der Waals surface area contributed by atoms with E-state index in [1.165, 1.54) is 0 Å². The molecule has 9 unspecified atom stereocenters. The maximum atomic E-state index is 11.4. The second kappa shape index (κ2) is 32.8. The van der Waals surface area contributed by atoms with Gasteiger partial charge in [-0.3, -0.25) is 10.7 Å². The van der Waals surface area contributed by atoms with Crippen LogP contribution in [0.1, 0.15) is 38.5 Å². The van der Waals surface area contributed by atoms with Gasteiger partial charge in [0, 0.05) is 0 Å². The van der Waals surface area contributed by atoms with Crippen LogP contribution in [0.5, 0.6) is 0 Å². The smallest absolute Gasteiger partial charge is 0.250 e. The largest absolute Gasteiger partial charge is 0.394 e. The van der Waals surface area contributed by atoms with Gasteiger partial charge in [-0.05, 0) is 58.9 Å². The molecule has 0 aromatic rings. The monoisotopic (exact) mass is 1300 g/mol. The zero-order valence-corrected chi connectivity index (χ0v) is 46.7. The highest BCUT2D eigenvalue weighted by Crippen LogP contribution is 2.37. The second-order valence-electron chi connectivity index (χ2n) is 20.5. The van der Waals surface area contributed by atoms with E-state index >= 15 is 0 Å². The lowest BCUT2D eigenvalue weighted by Crippen LogP contribution is -2.83. The van der Waals surface area contributed by atoms with Gasteiger partial charge in [-0.1, -0.05) is 43.0 Å². The van der Waals surface area contributed by atoms with Crippen molar-refractivity contribution in [2.45, 2.75) is 173 Å². The summed E-state index contributed by atoms with van der Waals surface area (Å²) >= 11 is 0. The molecule has 54 nitrogen and oxygen atoms in total. The highest BCUT2D eigenvalue weighted by molar-refractivity contribution is 4.98. The van der Waals surface area contributed by atoms with Crippen molar-refractivity contribution < 1.29 is 119 Å². The van der Waals surface area contributed by atoms with Crippen LogP contribution in [0, 0.1) is 5.92 Å². The number of aliphatic hydroxyl groups excluding tert-OH is 12. The van der Waals surface area contributed by atoms with E-state index in [9.17, 15) is 71.6 Å². The first kappa shape index (κ1) is 74.9. The fourth-order valence-corrected chi connectivity index (χ4v) is 9.35. The summed E-state index contributed by atoms with van der Waals surface area (Å²) in [4.78, 5) is 15.5. The third kappa shape index (κ3) is 17.0. The van der Waals surface area contributed by atoms with Crippen molar-refractivity contribution in [2.75, 3.05) is 32.9 Å². The summed E-state index contributed by atoms with van der Waals surface area (Å²) in [6, 6.07) is 0. The van der Waals surface area contributed by atoms with Crippen LogP contribution in [0.3, 0.4) is 0 Å². The lowest BCUT2D eigenvalue weighted by Gasteiger charge is -2.52. The Labute approximate surface area is 497 Å². The van der Waals surface area contributed by atoms with Gasteiger partial charge < -0.3 is 105 Å². The number of rotatable bonds is 33. The van der Waals surface area contributed by atoms with Crippen molar-refractivity contribution in [1.82, 2.24) is 83.9 Å². The molecule has 54 heteroatoms. The maximum Gasteiger partial charge on any atom is 0.250 e. The molecule has 21 atom stereocenters. The Morgan fingerprint density at radius 2 is 1.02 bits per heavy atom. The van der Waals surface area contributed by atoms with Crippen LogP contribution in [-0.4, -0.2) is 312 Å². The Hall–Kier alpha value is -2.16. The van der Waals surface area contributed by atoms with Crippen LogP contribution < -0.4 is 92.9 Å². The summed E-state index contributed by atoms with van der Waals surface area (Å²) in [5, 5.41) is 157. The molecule has 2 aliphatic carbocycles. The van der Waals surface area contributed by atoms with Gasteiger partial charge in [0.05, 0.1) is 39.0 Å². The quantitative estimate of drug-likeness (QED) is 0.0126. The molecule has 6 aliphatic rings. The van der Waals surface area contributed by atoms with Crippen molar-refractivity contribution in [1.29, 1.82) is 0 Å². The molecule has 88 heavy (non-hydrogen) atoms. The number of hydroxylamine groups is 1. The standard InChI is InChI=1S/C34H88N30O24/c35-53(28(49-78)26-19(69)18(68)21(71)30(84-26)83-25-14(9-65)81-29(23(73)20(25)70)79-10-12-3-1-4-12)61(54(36)37)51(62(55(38)39)56(40)41)7-8-52(63(57(42)43)58(44)45)64(59(46)47)60(48)50-80-11-15-16(66)17(67)22(72)31(82-15)86-34(77)27(75)24(74)32(85-33(34)76)88-87-13-5-2-6-13/h12-33,49-50,65-78H,1-11,35-48H2/t14?,15?,16-,17?,18?,19+,20?,21+,22+,23+,24+,25-,26?,27?,28?,29-,30-,31-,32+,33?,34+/m0/s1. The summed E-state index contributed by atoms with van der Waals surface area (Å²) in [6.07, 6.45) is -37.0. The predicted molar refractivity (Wildman–Crippen MR) is 270 cm³/mol. The van der Waals surface area contributed by atoms with E-state index in [0.717, 1.165) is 25.7 Å². The van der Waals surface area contributed by atoms with E-state index in [-0.39, 0.29) is 60.3 Å². The average Bonchev–Trinajstić information content (AvgIpc) is 3.47. The van der Waals surface area contributed by atoms with E-state index in [1.807, 2.05) is 0 Å². The Morgan fingerprint density at radius 3 is 1.52 bits per heavy atom. The summed E-state index contributed by atoms with van der Waals surface area (Å²) in [6.45, 7) is -3.59. The Morgan fingerprint density at radius 1 is 0.511 bits per heavy atom. The SMILES string of the molecule is NN(N)N(N(N)N)N(CCN(N(N(N)N)N(N)N)N(N(N)N)N(N)C(NO)C1O[C@H](O[C@H]2C(CO)O[C@H](OCC3CCC3)[C@H](O)C2O)[C@H](O)C(O)[C@H]1O)N(N(N)N)N(N)NOCC1O[C@@H](O[C@@]2(O)C(O)O[C@H](OOC3CCC3)[C@H](O)C2O)[C@H](O)C(O)[C@H]1O. The molecule has 4 heterocycles. The molecule has 6 fully saturated rings. The number of nitrogens with one attached hydrogen (secondary N) is 2. The maximum absolute atomic E-state index is 11.4. The van der Waals surface area contributed by atoms with E-state index in [0.29, 0.717) is 44.0 Å². The molecular formula is C34H88N30O24. The van der Waals surface area contributed by atoms with Crippen molar-refractivity contribution in [2.24, 2.45) is 87.7 Å². The topological polar surface area (TPSA) is 809 Å². The van der Waals surface area contributed by atoms with Crippen LogP contribution in [-0.2, 0) is 47.8 Å². The van der Waals surface area contributed by atoms with Gasteiger partial charge >= 0.3 is 0 Å². The lowest BCUT2D eigenvalue weighted by atomic mass is 9.86. The lowest BCUT2D eigenvalue weighted by molar-refractivity contribution is -0.506. The van der Waals surface area contributed by atoms with Gasteiger partial charge in [-0.2, -0.15) is 5.48 Å². The molecule has 44 N–H and O–H groups in total. The first-order valence-corrected chi connectivity index (χ1v) is 26.4. The third-order valence-electron chi connectivity index (χ3n) is 14.5. The number of hydrogen-bond donors (Lipinski definition) is 30. The van der Waals surface area contributed by atoms with Crippen molar-refractivity contribution in [3.8, 4) is 0 Å². The van der Waals surface area contributed by atoms with Gasteiger partial charge in [0.25, 0.3) is 0 Å². The zero-order valence-electron chi connectivity index (χ0n) is 46.7. The van der Waals surface area contributed by atoms with Crippen molar-refractivity contribution >= 4 is 0 Å². The summed E-state index contributed by atoms with van der Waals surface area (Å²) in [5.74, 6) is 81.0. The fourth-order valence-electron chi connectivity index (χ4n) is 9.35. The van der Waals surface area contributed by atoms with Crippen LogP contribution in [0.25, 0.3) is 0 Å². The molecule has 2 saturated carbocycles. The van der Waals surface area contributed by atoms with Gasteiger partial charge in [0.15, 0.2) is 18.9 Å². The highest BCUT2D eigenvalue weighted by Gasteiger charge is 2.61. The minimum absolute atomic E-state index is 0.0892. The minimum Gasteiger partial charge on any atom is -0.394 e. The number of ether oxygens (including phenoxy) is 7. The van der Waals surface area contributed by atoms with Gasteiger partial charge in [-0.25, -0.2) is 85.7 Å². The van der Waals surface area contributed by atoms with E-state index in [2.05, 4.69) is 5.59 Å². The summed E-state index contributed by atoms with van der Waals surface area (Å²) < 4.78 is 38.9. The Kier molecular flexibility index (Phi) is 27.9. The molecule has 0 spiro atoms. The average molecular weight is 1300 g/mol. The first-order chi connectivity index (χ1) is 41.3. The molecule has 4 aliphatic heterocycles. The Bertz CT molecular complexity index is 2050. The molecule has 4 saturated heterocycles. The second-order valence-corrected chi connectivity index (χ2v) is 20.5. The van der Waals surface area contributed by atoms with E-state index < -0.39 is 155 Å². The molecule has 518 valence electrons. The number of aliphatic hydroxyl groups is 13. The fraction of sp³-hybridized carbons (Fsp3) is 1.00. The number of hydrogen-bond acceptors (Lipinski definition) is 54. The van der Waals surface area contributed by atoms with Crippen LogP contribution >= 0.6 is 0 Å². The van der Waals surface area contributed by atoms with Gasteiger partial charge in [-0.15, -0.1) is 20.9 Å². The number of nitrogens with two attached hydrogens (primary N) is 14. The van der Waals surface area contributed by atoms with E-state index in [1.54, 1.807) is 5.48 Å². The predicted octanol–water partition coefficient (Wildman–Crippen LogP) is -21.0. The van der Waals surface area contributed by atoms with Crippen molar-refractivity contribution in [3.63, 3.8) is 0 Å². The van der Waals surface area contributed by atoms with E-state index in [4.69, 9.17) is 130 Å². The van der Waals surface area contributed by atoms with Crippen LogP contribution in [0.2, 0.25) is 0 Å². The van der Waals surface area contributed by atoms with Crippen molar-refractivity contribution in [3.05, 3.63) is 0 Å². The summed E-state index contributed by atoms with van der Waals surface area (Å²) in [7, 11) is 0. The molecule has 0 aromatic heterocycles. The van der Waals surface area contributed by atoms with Gasteiger partial charge in [0.2, 0.25) is 18.4 Å². The molecule has 0 radical (unpaired) electrons. The zero-order chi connectivity index (χ0) is 65.5. The number of hydrazine groups is 27. The van der Waals surface area contributed by atoms with Crippen LogP contribution in [0.15, 0.2) is 0 Å². The van der Waals surface area contributed by atoms with Crippen LogP contribution in [0.4, 0.5) is 0 Å². The first-order valence-electron chi connectivity index (χ1n) is 26.4. The molecule has 0 amide bonds. The molecular weight excluding hydrogens is 1210 g/mol. The minimum atomic E-state index is -3.33. The third-order valence-corrected chi connectivity index (χ3v) is 14.5. The number of nitrogens with zero attached hydrogens (tertiary/aromatic N) is 14. The normalized spacial score (nSPS) is 37.1. The molecule has 0 bridgehead atoms. The van der Waals surface area contributed by atoms with Gasteiger partial charge in [0.1, 0.15) is 91.6 Å². The summed E-state index contributed by atoms with van der Waals surface area (Å²) in [5.41, 5.74) is 3.75. The highest BCUT2D eigenvalue weighted by atomic mass is 17.2.